The van der Waals surface area contributed by atoms with E-state index in [-0.39, 0.29) is 24.1 Å². The third-order valence-corrected chi connectivity index (χ3v) is 4.57. The number of carboxylic acids is 2. The molecule has 0 aromatic rings. The van der Waals surface area contributed by atoms with E-state index in [0.29, 0.717) is 6.42 Å². The largest absolute Gasteiger partial charge is 0.481 e. The second-order valence-corrected chi connectivity index (χ2v) is 6.82. The number of rotatable bonds is 11. The third-order valence-electron chi connectivity index (χ3n) is 4.21. The van der Waals surface area contributed by atoms with Gasteiger partial charge >= 0.3 is 11.9 Å². The summed E-state index contributed by atoms with van der Waals surface area (Å²) < 4.78 is 0. The van der Waals surface area contributed by atoms with Gasteiger partial charge in [0.25, 0.3) is 0 Å². The molecule has 0 aliphatic carbocycles. The smallest absolute Gasteiger partial charge is 0.326 e. The number of hydrogen-bond acceptors (Lipinski definition) is 7. The fourth-order valence-corrected chi connectivity index (χ4v) is 2.83. The van der Waals surface area contributed by atoms with Crippen LogP contribution in [0.15, 0.2) is 0 Å². The lowest BCUT2D eigenvalue weighted by Gasteiger charge is -2.22. The molecule has 6 N–H and O–H groups in total. The lowest BCUT2D eigenvalue weighted by atomic mass is 10.1. The molecule has 28 heavy (non-hydrogen) atoms. The summed E-state index contributed by atoms with van der Waals surface area (Å²) in [4.78, 5) is 58.3. The van der Waals surface area contributed by atoms with Crippen molar-refractivity contribution in [3.05, 3.63) is 0 Å². The predicted octanol–water partition coefficient (Wildman–Crippen LogP) is -1.91. The lowest BCUT2D eigenvalue weighted by molar-refractivity contribution is -0.143. The molecule has 3 amide bonds. The predicted molar refractivity (Wildman–Crippen MR) is 101 cm³/mol. The minimum atomic E-state index is -1.41. The van der Waals surface area contributed by atoms with Crippen LogP contribution >= 0.6 is 12.6 Å². The first-order valence-electron chi connectivity index (χ1n) is 8.85. The average Bonchev–Trinajstić information content (AvgIpc) is 3.16. The fraction of sp³-hybridized carbons (Fsp3) is 0.688. The van der Waals surface area contributed by atoms with Gasteiger partial charge in [-0.2, -0.15) is 12.6 Å². The van der Waals surface area contributed by atoms with Crippen LogP contribution in [-0.2, 0) is 24.0 Å². The van der Waals surface area contributed by atoms with Crippen molar-refractivity contribution in [2.45, 2.75) is 56.8 Å². The van der Waals surface area contributed by atoms with Gasteiger partial charge in [-0.1, -0.05) is 0 Å². The monoisotopic (exact) mass is 418 g/mol. The number of carbonyl (C=O) groups excluding carboxylic acids is 3. The first-order valence-corrected chi connectivity index (χ1v) is 9.49. The number of carboxylic acid groups (broad SMARTS) is 2. The number of carbonyl (C=O) groups is 5. The zero-order valence-corrected chi connectivity index (χ0v) is 16.3. The summed E-state index contributed by atoms with van der Waals surface area (Å²) in [6.45, 7) is 2.19. The number of hydrogen-bond donors (Lipinski definition) is 7. The Morgan fingerprint density at radius 1 is 1.07 bits per heavy atom. The molecule has 0 spiro atoms. The quantitative estimate of drug-likeness (QED) is 0.190. The van der Waals surface area contributed by atoms with Crippen LogP contribution in [0.4, 0.5) is 0 Å². The Morgan fingerprint density at radius 3 is 2.21 bits per heavy atom. The van der Waals surface area contributed by atoms with Gasteiger partial charge in [-0.3, -0.25) is 19.2 Å². The molecule has 1 aliphatic rings. The van der Waals surface area contributed by atoms with Crippen molar-refractivity contribution in [3.8, 4) is 0 Å². The van der Waals surface area contributed by atoms with Crippen LogP contribution in [0, 0.1) is 0 Å². The number of aliphatic carboxylic acids is 2. The molecule has 4 atom stereocenters. The zero-order valence-electron chi connectivity index (χ0n) is 15.4. The van der Waals surface area contributed by atoms with Gasteiger partial charge in [-0.15, -0.1) is 0 Å². The Morgan fingerprint density at radius 2 is 1.71 bits per heavy atom. The van der Waals surface area contributed by atoms with Crippen molar-refractivity contribution in [2.24, 2.45) is 0 Å². The van der Waals surface area contributed by atoms with Crippen LogP contribution in [0.25, 0.3) is 0 Å². The van der Waals surface area contributed by atoms with Gasteiger partial charge < -0.3 is 31.5 Å². The molecule has 1 saturated heterocycles. The van der Waals surface area contributed by atoms with E-state index in [9.17, 15) is 24.0 Å². The van der Waals surface area contributed by atoms with Crippen LogP contribution in [0.3, 0.4) is 0 Å². The minimum absolute atomic E-state index is 0.117. The van der Waals surface area contributed by atoms with Crippen LogP contribution in [0.2, 0.25) is 0 Å². The molecule has 0 saturated carbocycles. The number of amides is 3. The summed E-state index contributed by atoms with van der Waals surface area (Å²) in [5.41, 5.74) is 0. The van der Waals surface area contributed by atoms with Crippen molar-refractivity contribution < 1.29 is 34.2 Å². The Labute approximate surface area is 167 Å². The van der Waals surface area contributed by atoms with Crippen molar-refractivity contribution in [1.82, 2.24) is 21.3 Å². The maximum atomic E-state index is 12.2. The second-order valence-electron chi connectivity index (χ2n) is 6.45. The molecule has 0 aromatic carbocycles. The topological polar surface area (TPSA) is 174 Å². The van der Waals surface area contributed by atoms with Crippen LogP contribution < -0.4 is 21.3 Å². The zero-order chi connectivity index (χ0) is 21.3. The van der Waals surface area contributed by atoms with Crippen molar-refractivity contribution >= 4 is 42.3 Å². The minimum Gasteiger partial charge on any atom is -0.481 e. The van der Waals surface area contributed by atoms with E-state index in [4.69, 9.17) is 10.2 Å². The highest BCUT2D eigenvalue weighted by Crippen LogP contribution is 2.05. The van der Waals surface area contributed by atoms with E-state index in [2.05, 4.69) is 33.9 Å². The van der Waals surface area contributed by atoms with Crippen LogP contribution in [-0.4, -0.2) is 76.3 Å². The SMILES string of the molecule is C[C@H](NC(=O)[C@@H]1CCCN1)C(=O)N[C@@H](CS)C(=O)N[C@@H](CCC(=O)O)C(=O)O. The fourth-order valence-electron chi connectivity index (χ4n) is 2.58. The maximum Gasteiger partial charge on any atom is 0.326 e. The highest BCUT2D eigenvalue weighted by Gasteiger charge is 2.29. The first kappa shape index (κ1) is 23.7. The van der Waals surface area contributed by atoms with Crippen molar-refractivity contribution in [1.29, 1.82) is 0 Å². The maximum absolute atomic E-state index is 12.2. The lowest BCUT2D eigenvalue weighted by Crippen LogP contribution is -2.56. The number of nitrogens with one attached hydrogen (secondary N) is 4. The molecular formula is C16H26N4O7S. The highest BCUT2D eigenvalue weighted by molar-refractivity contribution is 7.80. The first-order chi connectivity index (χ1) is 13.1. The second kappa shape index (κ2) is 11.5. The van der Waals surface area contributed by atoms with Gasteiger partial charge in [0.05, 0.1) is 6.04 Å². The molecular weight excluding hydrogens is 392 g/mol. The van der Waals surface area contributed by atoms with E-state index >= 15 is 0 Å². The molecule has 1 rings (SSSR count). The van der Waals surface area contributed by atoms with E-state index in [1.165, 1.54) is 6.92 Å². The summed E-state index contributed by atoms with van der Waals surface area (Å²) in [5, 5.41) is 27.9. The van der Waals surface area contributed by atoms with Crippen molar-refractivity contribution in [3.63, 3.8) is 0 Å². The van der Waals surface area contributed by atoms with Gasteiger partial charge in [-0.05, 0) is 32.7 Å². The van der Waals surface area contributed by atoms with Crippen LogP contribution in [0.5, 0.6) is 0 Å². The van der Waals surface area contributed by atoms with E-state index in [0.717, 1.165) is 13.0 Å². The molecule has 0 unspecified atom stereocenters. The van der Waals surface area contributed by atoms with Gasteiger partial charge in [0.2, 0.25) is 17.7 Å². The van der Waals surface area contributed by atoms with E-state index in [1.54, 1.807) is 0 Å². The Bertz CT molecular complexity index is 610. The summed E-state index contributed by atoms with van der Waals surface area (Å²) in [7, 11) is 0. The molecule has 158 valence electrons. The van der Waals surface area contributed by atoms with E-state index in [1.807, 2.05) is 0 Å². The normalized spacial score (nSPS) is 19.1. The Kier molecular flexibility index (Phi) is 9.73. The molecule has 1 fully saturated rings. The Balaban J connectivity index is 2.58. The molecule has 1 heterocycles. The summed E-state index contributed by atoms with van der Waals surface area (Å²) >= 11 is 3.98. The summed E-state index contributed by atoms with van der Waals surface area (Å²) in [6, 6.07) is -3.82. The molecule has 1 aliphatic heterocycles. The average molecular weight is 418 g/mol. The molecule has 0 aromatic heterocycles. The summed E-state index contributed by atoms with van der Waals surface area (Å²) in [6.07, 6.45) is 0.805. The third kappa shape index (κ3) is 7.72. The standard InChI is InChI=1S/C16H26N4O7S/c1-8(18-14(24)9-3-2-6-17-9)13(23)20-11(7-28)15(25)19-10(16(26)27)4-5-12(21)22/h8-11,17,28H,2-7H2,1H3,(H,18,24)(H,19,25)(H,20,23)(H,21,22)(H,26,27)/t8-,9-,10-,11-/m0/s1. The van der Waals surface area contributed by atoms with Gasteiger partial charge in [0.1, 0.15) is 18.1 Å². The molecule has 12 heteroatoms. The van der Waals surface area contributed by atoms with Gasteiger partial charge in [0, 0.05) is 12.2 Å². The number of thiol groups is 1. The van der Waals surface area contributed by atoms with Crippen LogP contribution in [0.1, 0.15) is 32.6 Å². The van der Waals surface area contributed by atoms with E-state index < -0.39 is 48.3 Å². The molecule has 0 radical (unpaired) electrons. The summed E-state index contributed by atoms with van der Waals surface area (Å²) in [5.74, 6) is -4.45. The highest BCUT2D eigenvalue weighted by atomic mass is 32.1. The van der Waals surface area contributed by atoms with Crippen molar-refractivity contribution in [2.75, 3.05) is 12.3 Å². The van der Waals surface area contributed by atoms with Gasteiger partial charge in [-0.25, -0.2) is 4.79 Å². The molecule has 0 bridgehead atoms. The van der Waals surface area contributed by atoms with Gasteiger partial charge in [0.15, 0.2) is 0 Å². The Hall–Kier alpha value is -2.34. The molecule has 11 nitrogen and oxygen atoms in total.